The van der Waals surface area contributed by atoms with Gasteiger partial charge in [0.25, 0.3) is 0 Å². The second kappa shape index (κ2) is 8.39. The molecule has 0 saturated carbocycles. The quantitative estimate of drug-likeness (QED) is 0.671. The summed E-state index contributed by atoms with van der Waals surface area (Å²) >= 11 is 1.42. The average molecular weight is 403 g/mol. The fourth-order valence-corrected chi connectivity index (χ4v) is 4.25. The Hall–Kier alpha value is -2.28. The Balaban J connectivity index is 2.03. The van der Waals surface area contributed by atoms with Gasteiger partial charge in [0.1, 0.15) is 5.75 Å². The molecule has 2 aliphatic heterocycles. The maximum atomic E-state index is 12.9. The van der Waals surface area contributed by atoms with Crippen molar-refractivity contribution in [3.63, 3.8) is 0 Å². The van der Waals surface area contributed by atoms with Gasteiger partial charge in [-0.05, 0) is 51.8 Å². The van der Waals surface area contributed by atoms with Crippen LogP contribution in [0.1, 0.15) is 52.6 Å². The zero-order valence-electron chi connectivity index (χ0n) is 16.9. The number of amides is 1. The molecule has 28 heavy (non-hydrogen) atoms. The number of hydrogen-bond donors (Lipinski definition) is 0. The molecule has 2 atom stereocenters. The van der Waals surface area contributed by atoms with Gasteiger partial charge in [0.05, 0.1) is 35.3 Å². The van der Waals surface area contributed by atoms with E-state index in [1.807, 2.05) is 31.2 Å². The number of carbonyl (C=O) groups is 2. The van der Waals surface area contributed by atoms with E-state index in [4.69, 9.17) is 9.47 Å². The first-order valence-electron chi connectivity index (χ1n) is 9.56. The van der Waals surface area contributed by atoms with Crippen LogP contribution in [0, 0.1) is 0 Å². The van der Waals surface area contributed by atoms with Crippen LogP contribution in [0.3, 0.4) is 0 Å². The minimum Gasteiger partial charge on any atom is -0.494 e. The fourth-order valence-electron chi connectivity index (χ4n) is 3.22. The summed E-state index contributed by atoms with van der Waals surface area (Å²) in [7, 11) is 0. The molecular formula is C21H26N2O4S. The summed E-state index contributed by atoms with van der Waals surface area (Å²) in [6, 6.07) is 6.98. The van der Waals surface area contributed by atoms with Crippen molar-refractivity contribution < 1.29 is 19.1 Å². The zero-order valence-corrected chi connectivity index (χ0v) is 17.7. The van der Waals surface area contributed by atoms with E-state index in [0.29, 0.717) is 23.0 Å². The van der Waals surface area contributed by atoms with Crippen molar-refractivity contribution >= 4 is 28.8 Å². The molecule has 0 bridgehead atoms. The Morgan fingerprint density at radius 3 is 2.57 bits per heavy atom. The summed E-state index contributed by atoms with van der Waals surface area (Å²) in [6.07, 6.45) is 0.667. The van der Waals surface area contributed by atoms with Gasteiger partial charge in [0.2, 0.25) is 5.91 Å². The largest absolute Gasteiger partial charge is 0.494 e. The summed E-state index contributed by atoms with van der Waals surface area (Å²) in [5.74, 6) is 0.268. The molecule has 6 nitrogen and oxygen atoms in total. The molecule has 150 valence electrons. The van der Waals surface area contributed by atoms with Crippen molar-refractivity contribution in [1.82, 2.24) is 4.90 Å². The van der Waals surface area contributed by atoms with Crippen molar-refractivity contribution in [2.45, 2.75) is 58.4 Å². The molecule has 0 aliphatic carbocycles. The molecule has 0 unspecified atom stereocenters. The summed E-state index contributed by atoms with van der Waals surface area (Å²) in [5.41, 5.74) is 1.82. The van der Waals surface area contributed by atoms with E-state index in [-0.39, 0.29) is 17.3 Å². The minimum atomic E-state index is -0.552. The first-order valence-corrected chi connectivity index (χ1v) is 10.4. The molecule has 1 aromatic rings. The van der Waals surface area contributed by atoms with Crippen LogP contribution in [-0.2, 0) is 14.3 Å². The van der Waals surface area contributed by atoms with Crippen LogP contribution < -0.4 is 4.74 Å². The summed E-state index contributed by atoms with van der Waals surface area (Å²) in [4.78, 5) is 31.9. The number of fused-ring (bicyclic) bond motifs is 1. The first kappa shape index (κ1) is 20.5. The second-order valence-electron chi connectivity index (χ2n) is 7.14. The van der Waals surface area contributed by atoms with Gasteiger partial charge in [-0.1, -0.05) is 30.8 Å². The molecule has 1 fully saturated rings. The number of allylic oxidation sites excluding steroid dienone is 1. The number of thioether (sulfide) groups is 1. The van der Waals surface area contributed by atoms with Crippen molar-refractivity contribution in [1.29, 1.82) is 0 Å². The molecule has 0 spiro atoms. The van der Waals surface area contributed by atoms with Crippen LogP contribution in [0.25, 0.3) is 0 Å². The van der Waals surface area contributed by atoms with E-state index in [9.17, 15) is 9.59 Å². The van der Waals surface area contributed by atoms with Crippen LogP contribution in [0.15, 0.2) is 40.5 Å². The Morgan fingerprint density at radius 2 is 1.96 bits per heavy atom. The van der Waals surface area contributed by atoms with Gasteiger partial charge >= 0.3 is 5.97 Å². The highest BCUT2D eigenvalue weighted by atomic mass is 32.2. The van der Waals surface area contributed by atoms with Gasteiger partial charge in [-0.15, -0.1) is 0 Å². The second-order valence-corrected chi connectivity index (χ2v) is 8.44. The predicted molar refractivity (Wildman–Crippen MR) is 110 cm³/mol. The molecule has 2 aliphatic rings. The summed E-state index contributed by atoms with van der Waals surface area (Å²) in [5, 5.41) is 0.397. The number of carbonyl (C=O) groups excluding carboxylic acids is 2. The molecule has 7 heteroatoms. The lowest BCUT2D eigenvalue weighted by molar-refractivity contribution is -0.143. The van der Waals surface area contributed by atoms with Crippen LogP contribution >= 0.6 is 11.8 Å². The van der Waals surface area contributed by atoms with Crippen LogP contribution in [0.4, 0.5) is 0 Å². The van der Waals surface area contributed by atoms with Crippen LogP contribution in [-0.4, -0.2) is 39.9 Å². The topological polar surface area (TPSA) is 68.2 Å². The number of amidine groups is 1. The molecule has 3 rings (SSSR count). The average Bonchev–Trinajstić information content (AvgIpc) is 2.92. The monoisotopic (exact) mass is 402 g/mol. The number of aliphatic imine (C=N–C) groups is 1. The van der Waals surface area contributed by atoms with Crippen molar-refractivity contribution in [2.75, 3.05) is 6.61 Å². The Bertz CT molecular complexity index is 829. The molecule has 0 N–H and O–H groups in total. The normalized spacial score (nSPS) is 21.7. The standard InChI is InChI=1S/C21H26N2O4S/c1-6-11-26-16-9-7-15(8-10-16)18-17(20(25)27-12(2)3)13(4)22-21-23(18)19(24)14(5)28-21/h7-10,12,14,18H,6,11H2,1-5H3/t14-,18-/m1/s1. The maximum Gasteiger partial charge on any atom is 0.338 e. The number of esters is 1. The number of ether oxygens (including phenoxy) is 2. The van der Waals surface area contributed by atoms with Crippen LogP contribution in [0.2, 0.25) is 0 Å². The Kier molecular flexibility index (Phi) is 6.13. The third kappa shape index (κ3) is 3.94. The Morgan fingerprint density at radius 1 is 1.29 bits per heavy atom. The van der Waals surface area contributed by atoms with E-state index in [2.05, 4.69) is 11.9 Å². The summed E-state index contributed by atoms with van der Waals surface area (Å²) in [6.45, 7) is 9.95. The lowest BCUT2D eigenvalue weighted by atomic mass is 9.94. The number of hydrogen-bond acceptors (Lipinski definition) is 6. The number of rotatable bonds is 6. The number of benzene rings is 1. The van der Waals surface area contributed by atoms with E-state index in [1.54, 1.807) is 25.7 Å². The van der Waals surface area contributed by atoms with E-state index < -0.39 is 12.0 Å². The van der Waals surface area contributed by atoms with Gasteiger partial charge in [-0.25, -0.2) is 9.79 Å². The molecule has 1 saturated heterocycles. The van der Waals surface area contributed by atoms with Crippen molar-refractivity contribution in [2.24, 2.45) is 4.99 Å². The fraction of sp³-hybridized carbons (Fsp3) is 0.476. The molecule has 0 aromatic heterocycles. The summed E-state index contributed by atoms with van der Waals surface area (Å²) < 4.78 is 11.1. The van der Waals surface area contributed by atoms with Crippen molar-refractivity contribution in [3.8, 4) is 5.75 Å². The van der Waals surface area contributed by atoms with E-state index >= 15 is 0 Å². The maximum absolute atomic E-state index is 12.9. The third-order valence-electron chi connectivity index (χ3n) is 4.49. The molecular weight excluding hydrogens is 376 g/mol. The van der Waals surface area contributed by atoms with E-state index in [0.717, 1.165) is 17.7 Å². The zero-order chi connectivity index (χ0) is 20.4. The minimum absolute atomic E-state index is 0.0533. The SMILES string of the molecule is CCCOc1ccc([C@@H]2C(C(=O)OC(C)C)=C(C)N=C3S[C@H](C)C(=O)N32)cc1. The highest BCUT2D eigenvalue weighted by Gasteiger charge is 2.46. The van der Waals surface area contributed by atoms with Gasteiger partial charge in [-0.3, -0.25) is 9.69 Å². The van der Waals surface area contributed by atoms with Gasteiger partial charge in [-0.2, -0.15) is 0 Å². The Labute approximate surface area is 170 Å². The van der Waals surface area contributed by atoms with E-state index in [1.165, 1.54) is 11.8 Å². The predicted octanol–water partition coefficient (Wildman–Crippen LogP) is 4.08. The van der Waals surface area contributed by atoms with Gasteiger partial charge < -0.3 is 9.47 Å². The molecule has 0 radical (unpaired) electrons. The van der Waals surface area contributed by atoms with Crippen molar-refractivity contribution in [3.05, 3.63) is 41.1 Å². The van der Waals surface area contributed by atoms with Gasteiger partial charge in [0.15, 0.2) is 5.17 Å². The lowest BCUT2D eigenvalue weighted by Gasteiger charge is -2.33. The van der Waals surface area contributed by atoms with Gasteiger partial charge in [0, 0.05) is 0 Å². The molecule has 1 amide bonds. The lowest BCUT2D eigenvalue weighted by Crippen LogP contribution is -2.40. The molecule has 2 heterocycles. The number of nitrogens with zero attached hydrogens (tertiary/aromatic N) is 2. The smallest absolute Gasteiger partial charge is 0.338 e. The third-order valence-corrected chi connectivity index (χ3v) is 5.54. The highest BCUT2D eigenvalue weighted by Crippen LogP contribution is 2.43. The molecule has 1 aromatic carbocycles. The first-order chi connectivity index (χ1) is 13.3. The highest BCUT2D eigenvalue weighted by molar-refractivity contribution is 8.15. The van der Waals surface area contributed by atoms with Crippen LogP contribution in [0.5, 0.6) is 5.75 Å².